The summed E-state index contributed by atoms with van der Waals surface area (Å²) in [4.78, 5) is 0.925. The minimum absolute atomic E-state index is 0.347. The summed E-state index contributed by atoms with van der Waals surface area (Å²) >= 11 is 0. The van der Waals surface area contributed by atoms with Crippen LogP contribution in [0.4, 0.5) is 5.69 Å². The standard InChI is InChI=1S/C13H19NOS/c1-10-2-6-12(7-3-10)16(15)13-8-4-11(14)5-9-13/h4-5,8-10,12H,2-3,6-7,14H2,1H3. The van der Waals surface area contributed by atoms with Gasteiger partial charge in [-0.15, -0.1) is 0 Å². The van der Waals surface area contributed by atoms with Crippen LogP contribution >= 0.6 is 0 Å². The molecule has 1 saturated carbocycles. The van der Waals surface area contributed by atoms with Crippen LogP contribution in [0.3, 0.4) is 0 Å². The fourth-order valence-electron chi connectivity index (χ4n) is 2.24. The fourth-order valence-corrected chi connectivity index (χ4v) is 3.73. The molecule has 1 aliphatic rings. The van der Waals surface area contributed by atoms with E-state index < -0.39 is 10.8 Å². The highest BCUT2D eigenvalue weighted by atomic mass is 32.2. The van der Waals surface area contributed by atoms with E-state index in [2.05, 4.69) is 6.92 Å². The molecule has 2 rings (SSSR count). The van der Waals surface area contributed by atoms with E-state index in [9.17, 15) is 4.21 Å². The van der Waals surface area contributed by atoms with Gasteiger partial charge in [0.15, 0.2) is 0 Å². The molecule has 0 aromatic heterocycles. The van der Waals surface area contributed by atoms with Crippen LogP contribution in [0, 0.1) is 5.92 Å². The molecule has 2 N–H and O–H groups in total. The molecule has 0 amide bonds. The first-order valence-corrected chi connectivity index (χ1v) is 7.14. The zero-order valence-electron chi connectivity index (χ0n) is 9.69. The summed E-state index contributed by atoms with van der Waals surface area (Å²) in [7, 11) is -0.849. The largest absolute Gasteiger partial charge is 0.399 e. The Morgan fingerprint density at radius 3 is 2.25 bits per heavy atom. The van der Waals surface area contributed by atoms with E-state index in [1.54, 1.807) is 0 Å². The summed E-state index contributed by atoms with van der Waals surface area (Å²) in [6, 6.07) is 7.45. The lowest BCUT2D eigenvalue weighted by Crippen LogP contribution is -2.22. The molecule has 88 valence electrons. The van der Waals surface area contributed by atoms with Gasteiger partial charge in [-0.3, -0.25) is 4.21 Å². The van der Waals surface area contributed by atoms with E-state index in [1.807, 2.05) is 24.3 Å². The van der Waals surface area contributed by atoms with E-state index >= 15 is 0 Å². The SMILES string of the molecule is CC1CCC(S(=O)c2ccc(N)cc2)CC1. The maximum absolute atomic E-state index is 12.3. The highest BCUT2D eigenvalue weighted by molar-refractivity contribution is 7.85. The monoisotopic (exact) mass is 237 g/mol. The second kappa shape index (κ2) is 5.00. The van der Waals surface area contributed by atoms with Gasteiger partial charge in [0, 0.05) is 15.8 Å². The van der Waals surface area contributed by atoms with Crippen molar-refractivity contribution in [3.8, 4) is 0 Å². The van der Waals surface area contributed by atoms with Crippen molar-refractivity contribution in [2.75, 3.05) is 5.73 Å². The number of anilines is 1. The van der Waals surface area contributed by atoms with Crippen molar-refractivity contribution in [1.29, 1.82) is 0 Å². The van der Waals surface area contributed by atoms with E-state index in [-0.39, 0.29) is 0 Å². The molecule has 1 aromatic rings. The minimum atomic E-state index is -0.849. The molecule has 0 aliphatic heterocycles. The predicted molar refractivity (Wildman–Crippen MR) is 68.7 cm³/mol. The third-order valence-electron chi connectivity index (χ3n) is 3.38. The van der Waals surface area contributed by atoms with Gasteiger partial charge in [-0.25, -0.2) is 0 Å². The fraction of sp³-hybridized carbons (Fsp3) is 0.538. The molecule has 0 radical (unpaired) electrons. The normalized spacial score (nSPS) is 27.6. The van der Waals surface area contributed by atoms with Gasteiger partial charge in [-0.05, 0) is 55.9 Å². The Kier molecular flexibility index (Phi) is 3.64. The molecule has 1 atom stereocenters. The third-order valence-corrected chi connectivity index (χ3v) is 5.19. The van der Waals surface area contributed by atoms with Crippen LogP contribution in [0.25, 0.3) is 0 Å². The van der Waals surface area contributed by atoms with Crippen LogP contribution in [0.1, 0.15) is 32.6 Å². The van der Waals surface area contributed by atoms with Gasteiger partial charge in [0.2, 0.25) is 0 Å². The van der Waals surface area contributed by atoms with Crippen molar-refractivity contribution in [2.45, 2.75) is 42.8 Å². The van der Waals surface area contributed by atoms with Crippen molar-refractivity contribution < 1.29 is 4.21 Å². The number of rotatable bonds is 2. The van der Waals surface area contributed by atoms with E-state index in [4.69, 9.17) is 5.73 Å². The molecule has 0 spiro atoms. The zero-order chi connectivity index (χ0) is 11.5. The third kappa shape index (κ3) is 2.64. The Balaban J connectivity index is 2.05. The predicted octanol–water partition coefficient (Wildman–Crippen LogP) is 2.96. The molecule has 0 heterocycles. The molecule has 1 fully saturated rings. The molecule has 1 aliphatic carbocycles. The summed E-state index contributed by atoms with van der Waals surface area (Å²) in [5.41, 5.74) is 6.36. The highest BCUT2D eigenvalue weighted by Gasteiger charge is 2.23. The molecule has 1 unspecified atom stereocenters. The average Bonchev–Trinajstić information content (AvgIpc) is 2.30. The van der Waals surface area contributed by atoms with Gasteiger partial charge >= 0.3 is 0 Å². The summed E-state index contributed by atoms with van der Waals surface area (Å²) in [6.45, 7) is 2.28. The topological polar surface area (TPSA) is 43.1 Å². The number of nitrogen functional groups attached to an aromatic ring is 1. The van der Waals surface area contributed by atoms with Crippen molar-refractivity contribution in [3.05, 3.63) is 24.3 Å². The van der Waals surface area contributed by atoms with E-state index in [0.717, 1.165) is 29.3 Å². The maximum atomic E-state index is 12.3. The van der Waals surface area contributed by atoms with Gasteiger partial charge in [0.05, 0.1) is 10.8 Å². The minimum Gasteiger partial charge on any atom is -0.399 e. The number of hydrogen-bond donors (Lipinski definition) is 1. The Labute approximate surface area is 99.7 Å². The van der Waals surface area contributed by atoms with Crippen LogP contribution in [0.2, 0.25) is 0 Å². The second-order valence-electron chi connectivity index (χ2n) is 4.75. The number of benzene rings is 1. The molecule has 0 bridgehead atoms. The Morgan fingerprint density at radius 2 is 1.69 bits per heavy atom. The van der Waals surface area contributed by atoms with Gasteiger partial charge < -0.3 is 5.73 Å². The Morgan fingerprint density at radius 1 is 1.12 bits per heavy atom. The first-order chi connectivity index (χ1) is 7.66. The molecule has 3 heteroatoms. The van der Waals surface area contributed by atoms with Gasteiger partial charge in [-0.1, -0.05) is 6.92 Å². The smallest absolute Gasteiger partial charge is 0.0560 e. The van der Waals surface area contributed by atoms with Crippen LogP contribution in [0.5, 0.6) is 0 Å². The van der Waals surface area contributed by atoms with Crippen LogP contribution < -0.4 is 5.73 Å². The van der Waals surface area contributed by atoms with Crippen LogP contribution in [0.15, 0.2) is 29.2 Å². The van der Waals surface area contributed by atoms with Crippen molar-refractivity contribution in [1.82, 2.24) is 0 Å². The highest BCUT2D eigenvalue weighted by Crippen LogP contribution is 2.29. The lowest BCUT2D eigenvalue weighted by Gasteiger charge is -2.25. The quantitative estimate of drug-likeness (QED) is 0.804. The first-order valence-electron chi connectivity index (χ1n) is 5.93. The van der Waals surface area contributed by atoms with Crippen LogP contribution in [-0.2, 0) is 10.8 Å². The number of nitrogens with two attached hydrogens (primary N) is 1. The van der Waals surface area contributed by atoms with Crippen molar-refractivity contribution in [2.24, 2.45) is 5.92 Å². The molecular formula is C13H19NOS. The van der Waals surface area contributed by atoms with Crippen LogP contribution in [-0.4, -0.2) is 9.46 Å². The molecule has 0 saturated heterocycles. The summed E-state index contributed by atoms with van der Waals surface area (Å²) in [5, 5.41) is 0.347. The van der Waals surface area contributed by atoms with Gasteiger partial charge in [0.25, 0.3) is 0 Å². The Hall–Kier alpha value is -0.830. The summed E-state index contributed by atoms with van der Waals surface area (Å²) in [6.07, 6.45) is 4.62. The van der Waals surface area contributed by atoms with Gasteiger partial charge in [0.1, 0.15) is 0 Å². The zero-order valence-corrected chi connectivity index (χ0v) is 10.5. The average molecular weight is 237 g/mol. The maximum Gasteiger partial charge on any atom is 0.0560 e. The first kappa shape index (κ1) is 11.6. The summed E-state index contributed by atoms with van der Waals surface area (Å²) in [5.74, 6) is 0.805. The molecule has 1 aromatic carbocycles. The van der Waals surface area contributed by atoms with Crippen molar-refractivity contribution in [3.63, 3.8) is 0 Å². The molecular weight excluding hydrogens is 218 g/mol. The lowest BCUT2D eigenvalue weighted by molar-refractivity contribution is 0.389. The summed E-state index contributed by atoms with van der Waals surface area (Å²) < 4.78 is 12.3. The van der Waals surface area contributed by atoms with E-state index in [0.29, 0.717) is 5.25 Å². The molecule has 2 nitrogen and oxygen atoms in total. The Bertz CT molecular complexity index is 366. The second-order valence-corrected chi connectivity index (χ2v) is 6.48. The number of hydrogen-bond acceptors (Lipinski definition) is 2. The van der Waals surface area contributed by atoms with Gasteiger partial charge in [-0.2, -0.15) is 0 Å². The van der Waals surface area contributed by atoms with E-state index in [1.165, 1.54) is 12.8 Å². The van der Waals surface area contributed by atoms with Crippen molar-refractivity contribution >= 4 is 16.5 Å². The molecule has 16 heavy (non-hydrogen) atoms. The lowest BCUT2D eigenvalue weighted by atomic mass is 9.91.